The average Bonchev–Trinajstić information content (AvgIpc) is 3.00. The van der Waals surface area contributed by atoms with Crippen LogP contribution in [0.2, 0.25) is 0 Å². The molecular weight excluding hydrogens is 262 g/mol. The van der Waals surface area contributed by atoms with Crippen molar-refractivity contribution in [3.63, 3.8) is 0 Å². The summed E-state index contributed by atoms with van der Waals surface area (Å²) < 4.78 is 2.40. The van der Waals surface area contributed by atoms with E-state index in [1.54, 1.807) is 0 Å². The molecule has 18 heavy (non-hydrogen) atoms. The van der Waals surface area contributed by atoms with E-state index in [0.29, 0.717) is 0 Å². The van der Waals surface area contributed by atoms with E-state index in [2.05, 4.69) is 51.5 Å². The molecule has 2 atom stereocenters. The summed E-state index contributed by atoms with van der Waals surface area (Å²) >= 11 is 4.22. The van der Waals surface area contributed by atoms with E-state index < -0.39 is 0 Å². The van der Waals surface area contributed by atoms with Crippen molar-refractivity contribution >= 4 is 23.5 Å². The molecule has 0 amide bonds. The summed E-state index contributed by atoms with van der Waals surface area (Å²) in [7, 11) is 0. The molecule has 2 unspecified atom stereocenters. The van der Waals surface area contributed by atoms with Gasteiger partial charge in [-0.2, -0.15) is 23.5 Å². The maximum absolute atomic E-state index is 4.40. The molecule has 1 aromatic heterocycles. The summed E-state index contributed by atoms with van der Waals surface area (Å²) in [6.07, 6.45) is 5.33. The quantitative estimate of drug-likeness (QED) is 0.919. The zero-order chi connectivity index (χ0) is 12.4. The van der Waals surface area contributed by atoms with Gasteiger partial charge in [-0.1, -0.05) is 6.92 Å². The topological polar surface area (TPSA) is 29.9 Å². The number of hydrogen-bond donors (Lipinski definition) is 1. The SMILES string of the molecule is CC1(c2cncn2CC2CSCCS2)CCNC1. The lowest BCUT2D eigenvalue weighted by Gasteiger charge is -2.27. The van der Waals surface area contributed by atoms with Crippen LogP contribution in [0.25, 0.3) is 0 Å². The van der Waals surface area contributed by atoms with Crippen molar-refractivity contribution in [1.82, 2.24) is 14.9 Å². The van der Waals surface area contributed by atoms with Crippen LogP contribution in [0, 0.1) is 0 Å². The first kappa shape index (κ1) is 12.9. The largest absolute Gasteiger partial charge is 0.333 e. The highest BCUT2D eigenvalue weighted by Gasteiger charge is 2.33. The van der Waals surface area contributed by atoms with Crippen LogP contribution >= 0.6 is 23.5 Å². The molecule has 0 bridgehead atoms. The first-order chi connectivity index (χ1) is 8.78. The number of rotatable bonds is 3. The predicted octanol–water partition coefficient (Wildman–Crippen LogP) is 1.98. The minimum absolute atomic E-state index is 0.281. The van der Waals surface area contributed by atoms with E-state index >= 15 is 0 Å². The third kappa shape index (κ3) is 2.58. The van der Waals surface area contributed by atoms with Crippen LogP contribution in [0.4, 0.5) is 0 Å². The molecule has 0 spiro atoms. The van der Waals surface area contributed by atoms with E-state index in [4.69, 9.17) is 0 Å². The van der Waals surface area contributed by atoms with Crippen molar-refractivity contribution in [3.05, 3.63) is 18.2 Å². The Kier molecular flexibility index (Phi) is 3.91. The van der Waals surface area contributed by atoms with Crippen molar-refractivity contribution in [1.29, 1.82) is 0 Å². The van der Waals surface area contributed by atoms with Gasteiger partial charge in [-0.15, -0.1) is 0 Å². The molecule has 2 saturated heterocycles. The number of imidazole rings is 1. The normalized spacial score (nSPS) is 32.8. The van der Waals surface area contributed by atoms with Crippen molar-refractivity contribution in [3.8, 4) is 0 Å². The number of hydrogen-bond acceptors (Lipinski definition) is 4. The molecule has 0 saturated carbocycles. The molecule has 2 fully saturated rings. The van der Waals surface area contributed by atoms with Gasteiger partial charge in [0.25, 0.3) is 0 Å². The molecule has 3 rings (SSSR count). The minimum Gasteiger partial charge on any atom is -0.333 e. The molecule has 5 heteroatoms. The van der Waals surface area contributed by atoms with Gasteiger partial charge in [0.15, 0.2) is 0 Å². The Balaban J connectivity index is 1.74. The number of thioether (sulfide) groups is 2. The van der Waals surface area contributed by atoms with Gasteiger partial charge >= 0.3 is 0 Å². The van der Waals surface area contributed by atoms with Crippen LogP contribution in [0.3, 0.4) is 0 Å². The second-order valence-corrected chi connectivity index (χ2v) is 8.04. The highest BCUT2D eigenvalue weighted by molar-refractivity contribution is 8.06. The molecule has 100 valence electrons. The van der Waals surface area contributed by atoms with Crippen molar-refractivity contribution in [2.24, 2.45) is 0 Å². The maximum Gasteiger partial charge on any atom is 0.0948 e. The van der Waals surface area contributed by atoms with E-state index in [0.717, 1.165) is 24.9 Å². The number of aromatic nitrogens is 2. The molecular formula is C13H21N3S2. The Labute approximate surface area is 118 Å². The van der Waals surface area contributed by atoms with Crippen molar-refractivity contribution in [2.75, 3.05) is 30.3 Å². The molecule has 0 radical (unpaired) electrons. The summed E-state index contributed by atoms with van der Waals surface area (Å²) in [5.41, 5.74) is 1.70. The fourth-order valence-electron chi connectivity index (χ4n) is 2.87. The number of nitrogens with zero attached hydrogens (tertiary/aromatic N) is 2. The Morgan fingerprint density at radius 2 is 2.50 bits per heavy atom. The number of nitrogens with one attached hydrogen (secondary N) is 1. The summed E-state index contributed by atoms with van der Waals surface area (Å²) in [5, 5.41) is 4.24. The lowest BCUT2D eigenvalue weighted by Crippen LogP contribution is -2.30. The van der Waals surface area contributed by atoms with E-state index in [9.17, 15) is 0 Å². The standard InChI is InChI=1S/C13H21N3S2/c1-13(2-3-14-9-13)12-6-15-10-16(12)7-11-8-17-4-5-18-11/h6,10-11,14H,2-5,7-9H2,1H3. The van der Waals surface area contributed by atoms with Gasteiger partial charge in [0.1, 0.15) is 0 Å². The van der Waals surface area contributed by atoms with Gasteiger partial charge in [-0.05, 0) is 13.0 Å². The van der Waals surface area contributed by atoms with Crippen LogP contribution in [0.15, 0.2) is 12.5 Å². The van der Waals surface area contributed by atoms with Gasteiger partial charge in [-0.25, -0.2) is 4.98 Å². The minimum atomic E-state index is 0.281. The summed E-state index contributed by atoms with van der Waals surface area (Å²) in [4.78, 5) is 4.40. The molecule has 2 aliphatic heterocycles. The third-order valence-corrected chi connectivity index (χ3v) is 6.81. The van der Waals surface area contributed by atoms with Crippen LogP contribution in [0.5, 0.6) is 0 Å². The van der Waals surface area contributed by atoms with Crippen LogP contribution < -0.4 is 5.32 Å². The molecule has 3 heterocycles. The lowest BCUT2D eigenvalue weighted by atomic mass is 9.86. The Morgan fingerprint density at radius 3 is 3.22 bits per heavy atom. The van der Waals surface area contributed by atoms with Gasteiger partial charge in [0.05, 0.1) is 6.33 Å². The molecule has 2 aliphatic rings. The van der Waals surface area contributed by atoms with Crippen LogP contribution in [-0.2, 0) is 12.0 Å². The molecule has 1 N–H and O–H groups in total. The monoisotopic (exact) mass is 283 g/mol. The smallest absolute Gasteiger partial charge is 0.0948 e. The zero-order valence-electron chi connectivity index (χ0n) is 10.9. The van der Waals surface area contributed by atoms with Crippen molar-refractivity contribution in [2.45, 2.75) is 30.6 Å². The summed E-state index contributed by atoms with van der Waals surface area (Å²) in [5.74, 6) is 3.91. The fourth-order valence-corrected chi connectivity index (χ4v) is 5.53. The highest BCUT2D eigenvalue weighted by atomic mass is 32.2. The second-order valence-electron chi connectivity index (χ2n) is 5.49. The molecule has 1 aromatic rings. The van der Waals surface area contributed by atoms with Gasteiger partial charge in [0, 0.05) is 52.9 Å². The van der Waals surface area contributed by atoms with Gasteiger partial charge in [-0.3, -0.25) is 0 Å². The predicted molar refractivity (Wildman–Crippen MR) is 80.6 cm³/mol. The third-order valence-electron chi connectivity index (χ3n) is 3.98. The Bertz CT molecular complexity index is 393. The lowest BCUT2D eigenvalue weighted by molar-refractivity contribution is 0.472. The average molecular weight is 283 g/mol. The first-order valence-corrected chi connectivity index (χ1v) is 8.89. The summed E-state index contributed by atoms with van der Waals surface area (Å²) in [6, 6.07) is 0. The second kappa shape index (κ2) is 5.47. The van der Waals surface area contributed by atoms with Crippen LogP contribution in [0.1, 0.15) is 19.0 Å². The zero-order valence-corrected chi connectivity index (χ0v) is 12.5. The maximum atomic E-state index is 4.40. The fraction of sp³-hybridized carbons (Fsp3) is 0.769. The van der Waals surface area contributed by atoms with E-state index in [1.165, 1.54) is 29.4 Å². The Morgan fingerprint density at radius 1 is 1.56 bits per heavy atom. The molecule has 0 aromatic carbocycles. The Hall–Kier alpha value is -0.130. The summed E-state index contributed by atoms with van der Waals surface area (Å²) in [6.45, 7) is 5.72. The first-order valence-electron chi connectivity index (χ1n) is 6.69. The van der Waals surface area contributed by atoms with Crippen LogP contribution in [-0.4, -0.2) is 45.1 Å². The van der Waals surface area contributed by atoms with E-state index in [1.807, 2.05) is 6.33 Å². The van der Waals surface area contributed by atoms with Gasteiger partial charge < -0.3 is 9.88 Å². The van der Waals surface area contributed by atoms with Crippen molar-refractivity contribution < 1.29 is 0 Å². The van der Waals surface area contributed by atoms with Gasteiger partial charge in [0.2, 0.25) is 0 Å². The highest BCUT2D eigenvalue weighted by Crippen LogP contribution is 2.31. The molecule has 3 nitrogen and oxygen atoms in total. The molecule has 0 aliphatic carbocycles. The van der Waals surface area contributed by atoms with E-state index in [-0.39, 0.29) is 5.41 Å².